The average molecular weight is 324 g/mol. The molecule has 0 heterocycles. The van der Waals surface area contributed by atoms with Gasteiger partial charge in [0.1, 0.15) is 0 Å². The molecule has 3 nitrogen and oxygen atoms in total. The maximum Gasteiger partial charge on any atom is 0.0619 e. The molecule has 0 saturated heterocycles. The van der Waals surface area contributed by atoms with Crippen LogP contribution in [0.2, 0.25) is 0 Å². The summed E-state index contributed by atoms with van der Waals surface area (Å²) in [5, 5.41) is 9.37. The Balaban J connectivity index is 0.000000219. The van der Waals surface area contributed by atoms with Crippen molar-refractivity contribution in [3.63, 3.8) is 0 Å². The number of rotatable bonds is 2. The van der Waals surface area contributed by atoms with Gasteiger partial charge < -0.3 is 16.6 Å². The van der Waals surface area contributed by atoms with E-state index in [1.54, 1.807) is 6.07 Å². The normalized spacial score (nSPS) is 16.4. The first-order chi connectivity index (χ1) is 11.5. The molecule has 3 heteroatoms. The Labute approximate surface area is 145 Å². The van der Waals surface area contributed by atoms with Crippen LogP contribution in [0.25, 0.3) is 12.2 Å². The molecule has 24 heavy (non-hydrogen) atoms. The van der Waals surface area contributed by atoms with Gasteiger partial charge in [0.05, 0.1) is 5.60 Å². The van der Waals surface area contributed by atoms with Crippen LogP contribution in [0.4, 0.5) is 11.4 Å². The van der Waals surface area contributed by atoms with Crippen molar-refractivity contribution in [3.8, 4) is 0 Å². The molecule has 1 fully saturated rings. The molecule has 0 bridgehead atoms. The third kappa shape index (κ3) is 6.09. The van der Waals surface area contributed by atoms with Gasteiger partial charge in [0.25, 0.3) is 0 Å². The van der Waals surface area contributed by atoms with Crippen molar-refractivity contribution < 1.29 is 5.11 Å². The van der Waals surface area contributed by atoms with Crippen molar-refractivity contribution in [1.29, 1.82) is 0 Å². The molecule has 5 N–H and O–H groups in total. The minimum atomic E-state index is -0.321. The Morgan fingerprint density at radius 1 is 0.917 bits per heavy atom. The summed E-state index contributed by atoms with van der Waals surface area (Å²) >= 11 is 0. The first-order valence-corrected chi connectivity index (χ1v) is 8.57. The van der Waals surface area contributed by atoms with Gasteiger partial charge in [0.15, 0.2) is 0 Å². The Kier molecular flexibility index (Phi) is 6.44. The second kappa shape index (κ2) is 8.55. The lowest BCUT2D eigenvalue weighted by Gasteiger charge is -2.27. The third-order valence-corrected chi connectivity index (χ3v) is 4.30. The highest BCUT2D eigenvalue weighted by Crippen LogP contribution is 2.26. The van der Waals surface area contributed by atoms with E-state index in [1.165, 1.54) is 19.3 Å². The first-order valence-electron chi connectivity index (χ1n) is 8.57. The van der Waals surface area contributed by atoms with Crippen molar-refractivity contribution in [2.75, 3.05) is 11.5 Å². The number of hydrogen-bond acceptors (Lipinski definition) is 3. The number of hydrogen-bond donors (Lipinski definition) is 3. The Morgan fingerprint density at radius 2 is 1.58 bits per heavy atom. The molecule has 1 aliphatic carbocycles. The Morgan fingerprint density at radius 3 is 2.12 bits per heavy atom. The molecule has 0 amide bonds. The average Bonchev–Trinajstić information content (AvgIpc) is 2.55. The van der Waals surface area contributed by atoms with Crippen molar-refractivity contribution >= 4 is 23.5 Å². The second-order valence-corrected chi connectivity index (χ2v) is 6.69. The number of nitrogens with two attached hydrogens (primary N) is 2. The molecule has 0 atom stereocenters. The van der Waals surface area contributed by atoms with Crippen molar-refractivity contribution in [3.05, 3.63) is 59.7 Å². The fraction of sp³-hybridized carbons (Fsp3) is 0.333. The Hall–Kier alpha value is -2.26. The van der Waals surface area contributed by atoms with Crippen LogP contribution in [-0.4, -0.2) is 10.7 Å². The van der Waals surface area contributed by atoms with Crippen molar-refractivity contribution in [2.45, 2.75) is 44.6 Å². The summed E-state index contributed by atoms with van der Waals surface area (Å²) < 4.78 is 0. The molecule has 1 aliphatic rings. The molecule has 0 aliphatic heterocycles. The molecule has 128 valence electrons. The van der Waals surface area contributed by atoms with Crippen LogP contribution in [0.3, 0.4) is 0 Å². The molecular formula is C21H28N2O. The largest absolute Gasteiger partial charge is 0.399 e. The summed E-state index contributed by atoms with van der Waals surface area (Å²) in [4.78, 5) is 0. The lowest BCUT2D eigenvalue weighted by atomic mass is 9.87. The Bertz CT molecular complexity index is 655. The van der Waals surface area contributed by atoms with Crippen LogP contribution in [0.15, 0.2) is 48.5 Å². The van der Waals surface area contributed by atoms with E-state index in [4.69, 9.17) is 11.5 Å². The van der Waals surface area contributed by atoms with E-state index in [0.717, 1.165) is 24.0 Å². The van der Waals surface area contributed by atoms with Gasteiger partial charge in [-0.05, 0) is 43.0 Å². The van der Waals surface area contributed by atoms with Crippen LogP contribution in [-0.2, 0) is 0 Å². The highest BCUT2D eigenvalue weighted by atomic mass is 16.3. The monoisotopic (exact) mass is 324 g/mol. The first kappa shape index (κ1) is 18.1. The van der Waals surface area contributed by atoms with Gasteiger partial charge in [-0.3, -0.25) is 0 Å². The highest BCUT2D eigenvalue weighted by Gasteiger charge is 2.22. The van der Waals surface area contributed by atoms with Crippen LogP contribution >= 0.6 is 0 Å². The van der Waals surface area contributed by atoms with E-state index in [9.17, 15) is 5.11 Å². The second-order valence-electron chi connectivity index (χ2n) is 6.69. The zero-order valence-corrected chi connectivity index (χ0v) is 14.4. The van der Waals surface area contributed by atoms with Gasteiger partial charge in [0.2, 0.25) is 0 Å². The minimum absolute atomic E-state index is 0.321. The topological polar surface area (TPSA) is 72.3 Å². The van der Waals surface area contributed by atoms with Crippen LogP contribution in [0, 0.1) is 0 Å². The zero-order chi connectivity index (χ0) is 17.4. The van der Waals surface area contributed by atoms with Gasteiger partial charge in [-0.25, -0.2) is 0 Å². The zero-order valence-electron chi connectivity index (χ0n) is 14.4. The van der Waals surface area contributed by atoms with Crippen LogP contribution < -0.4 is 11.5 Å². The SMILES string of the molecule is CC1(O)CCCCC1.Nc1ccc(C=Cc2ccccc2)c(N)c1. The fourth-order valence-electron chi connectivity index (χ4n) is 2.81. The van der Waals surface area contributed by atoms with Gasteiger partial charge in [-0.1, -0.05) is 67.8 Å². The molecule has 0 unspecified atom stereocenters. The highest BCUT2D eigenvalue weighted by molar-refractivity contribution is 5.77. The van der Waals surface area contributed by atoms with E-state index in [2.05, 4.69) is 0 Å². The molecular weight excluding hydrogens is 296 g/mol. The number of benzene rings is 2. The molecule has 0 spiro atoms. The molecule has 3 rings (SSSR count). The summed E-state index contributed by atoms with van der Waals surface area (Å²) in [6.45, 7) is 1.94. The summed E-state index contributed by atoms with van der Waals surface area (Å²) in [5.74, 6) is 0. The summed E-state index contributed by atoms with van der Waals surface area (Å²) in [7, 11) is 0. The van der Waals surface area contributed by atoms with E-state index < -0.39 is 0 Å². The van der Waals surface area contributed by atoms with Crippen molar-refractivity contribution in [2.24, 2.45) is 0 Å². The molecule has 2 aromatic carbocycles. The molecule has 2 aromatic rings. The van der Waals surface area contributed by atoms with Crippen LogP contribution in [0.5, 0.6) is 0 Å². The fourth-order valence-corrected chi connectivity index (χ4v) is 2.81. The lowest BCUT2D eigenvalue weighted by molar-refractivity contribution is 0.0225. The molecule has 0 radical (unpaired) electrons. The quantitative estimate of drug-likeness (QED) is 0.552. The lowest BCUT2D eigenvalue weighted by Crippen LogP contribution is -2.26. The van der Waals surface area contributed by atoms with E-state index >= 15 is 0 Å². The predicted octanol–water partition coefficient (Wildman–Crippen LogP) is 4.72. The van der Waals surface area contributed by atoms with Gasteiger partial charge in [0, 0.05) is 11.4 Å². The standard InChI is InChI=1S/C14H14N2.C7H14O/c15-13-9-8-12(14(16)10-13)7-6-11-4-2-1-3-5-11;1-7(8)5-3-2-4-6-7/h1-10H,15-16H2;8H,2-6H2,1H3. The number of nitrogen functional groups attached to an aromatic ring is 2. The van der Waals surface area contributed by atoms with Crippen LogP contribution in [0.1, 0.15) is 50.2 Å². The third-order valence-electron chi connectivity index (χ3n) is 4.30. The maximum absolute atomic E-state index is 9.37. The molecule has 0 aromatic heterocycles. The van der Waals surface area contributed by atoms with E-state index in [-0.39, 0.29) is 5.60 Å². The maximum atomic E-state index is 9.37. The molecule has 1 saturated carbocycles. The van der Waals surface area contributed by atoms with Crippen molar-refractivity contribution in [1.82, 2.24) is 0 Å². The summed E-state index contributed by atoms with van der Waals surface area (Å²) in [6, 6.07) is 15.6. The summed E-state index contributed by atoms with van der Waals surface area (Å²) in [6.07, 6.45) is 9.78. The summed E-state index contributed by atoms with van der Waals surface area (Å²) in [5.41, 5.74) is 14.7. The predicted molar refractivity (Wildman–Crippen MR) is 104 cm³/mol. The van der Waals surface area contributed by atoms with Gasteiger partial charge in [-0.2, -0.15) is 0 Å². The smallest absolute Gasteiger partial charge is 0.0619 e. The number of anilines is 2. The van der Waals surface area contributed by atoms with Gasteiger partial charge in [-0.15, -0.1) is 0 Å². The number of aliphatic hydroxyl groups is 1. The minimum Gasteiger partial charge on any atom is -0.399 e. The van der Waals surface area contributed by atoms with E-state index in [0.29, 0.717) is 11.4 Å². The van der Waals surface area contributed by atoms with Gasteiger partial charge >= 0.3 is 0 Å². The van der Waals surface area contributed by atoms with E-state index in [1.807, 2.05) is 61.5 Å².